The van der Waals surface area contributed by atoms with Crippen molar-refractivity contribution in [1.29, 1.82) is 0 Å². The van der Waals surface area contributed by atoms with Crippen LogP contribution in [0.1, 0.15) is 36.9 Å². The number of amides is 1. The van der Waals surface area contributed by atoms with Gasteiger partial charge in [0.25, 0.3) is 5.91 Å². The molecule has 6 heteroatoms. The van der Waals surface area contributed by atoms with E-state index in [2.05, 4.69) is 5.32 Å². The van der Waals surface area contributed by atoms with E-state index in [-0.39, 0.29) is 24.5 Å². The SMILES string of the molecule is COc1ccc(OC)c(C(C)NC(=O)COC(=O)C2(c3ccccc3)CC2)c1. The van der Waals surface area contributed by atoms with E-state index in [9.17, 15) is 9.59 Å². The van der Waals surface area contributed by atoms with E-state index in [1.165, 1.54) is 0 Å². The first-order valence-corrected chi connectivity index (χ1v) is 9.24. The first-order valence-electron chi connectivity index (χ1n) is 9.24. The highest BCUT2D eigenvalue weighted by molar-refractivity contribution is 5.89. The van der Waals surface area contributed by atoms with Gasteiger partial charge in [0.2, 0.25) is 0 Å². The molecule has 3 rings (SSSR count). The van der Waals surface area contributed by atoms with Gasteiger partial charge in [0.15, 0.2) is 6.61 Å². The zero-order valence-electron chi connectivity index (χ0n) is 16.4. The van der Waals surface area contributed by atoms with E-state index < -0.39 is 5.41 Å². The normalized spacial score (nSPS) is 15.2. The highest BCUT2D eigenvalue weighted by atomic mass is 16.5. The van der Waals surface area contributed by atoms with Crippen LogP contribution in [0.25, 0.3) is 0 Å². The van der Waals surface area contributed by atoms with Crippen LogP contribution in [0.5, 0.6) is 11.5 Å². The Bertz CT molecular complexity index is 845. The molecule has 1 saturated carbocycles. The number of nitrogens with one attached hydrogen (secondary N) is 1. The predicted octanol–water partition coefficient (Wildman–Crippen LogP) is 3.16. The fourth-order valence-electron chi connectivity index (χ4n) is 3.30. The average Bonchev–Trinajstić information content (AvgIpc) is 3.54. The number of methoxy groups -OCH3 is 2. The molecule has 2 aromatic carbocycles. The first kappa shape index (κ1) is 19.7. The number of hydrogen-bond acceptors (Lipinski definition) is 5. The van der Waals surface area contributed by atoms with Gasteiger partial charge in [-0.15, -0.1) is 0 Å². The molecule has 0 radical (unpaired) electrons. The Morgan fingerprint density at radius 1 is 1.07 bits per heavy atom. The molecule has 1 aliphatic carbocycles. The molecule has 6 nitrogen and oxygen atoms in total. The van der Waals surface area contributed by atoms with Crippen molar-refractivity contribution in [3.8, 4) is 11.5 Å². The van der Waals surface area contributed by atoms with E-state index in [1.54, 1.807) is 26.4 Å². The molecule has 0 saturated heterocycles. The lowest BCUT2D eigenvalue weighted by atomic mass is 9.96. The maximum atomic E-state index is 12.5. The fraction of sp³-hybridized carbons (Fsp3) is 0.364. The lowest BCUT2D eigenvalue weighted by molar-refractivity contribution is -0.151. The summed E-state index contributed by atoms with van der Waals surface area (Å²) in [7, 11) is 3.15. The molecule has 0 aromatic heterocycles. The maximum absolute atomic E-state index is 12.5. The van der Waals surface area contributed by atoms with Crippen LogP contribution < -0.4 is 14.8 Å². The maximum Gasteiger partial charge on any atom is 0.317 e. The van der Waals surface area contributed by atoms with Crippen LogP contribution in [0.4, 0.5) is 0 Å². The minimum absolute atomic E-state index is 0.315. The van der Waals surface area contributed by atoms with Gasteiger partial charge in [-0.1, -0.05) is 30.3 Å². The lowest BCUT2D eigenvalue weighted by Gasteiger charge is -2.19. The molecule has 0 aliphatic heterocycles. The van der Waals surface area contributed by atoms with Gasteiger partial charge >= 0.3 is 5.97 Å². The third-order valence-electron chi connectivity index (χ3n) is 5.08. The topological polar surface area (TPSA) is 73.9 Å². The number of carbonyl (C=O) groups excluding carboxylic acids is 2. The van der Waals surface area contributed by atoms with Gasteiger partial charge in [-0.05, 0) is 43.5 Å². The molecule has 0 spiro atoms. The molecule has 2 aromatic rings. The number of carbonyl (C=O) groups is 2. The number of ether oxygens (including phenoxy) is 3. The van der Waals surface area contributed by atoms with Crippen molar-refractivity contribution < 1.29 is 23.8 Å². The molecule has 1 atom stereocenters. The minimum atomic E-state index is -0.594. The number of rotatable bonds is 8. The van der Waals surface area contributed by atoms with E-state index in [1.807, 2.05) is 43.3 Å². The molecular weight excluding hydrogens is 358 g/mol. The smallest absolute Gasteiger partial charge is 0.317 e. The Balaban J connectivity index is 1.58. The van der Waals surface area contributed by atoms with Crippen molar-refractivity contribution in [1.82, 2.24) is 5.32 Å². The van der Waals surface area contributed by atoms with E-state index >= 15 is 0 Å². The molecule has 1 amide bonds. The fourth-order valence-corrected chi connectivity index (χ4v) is 3.30. The highest BCUT2D eigenvalue weighted by Gasteiger charge is 2.52. The number of esters is 1. The minimum Gasteiger partial charge on any atom is -0.497 e. The Morgan fingerprint density at radius 3 is 2.39 bits per heavy atom. The summed E-state index contributed by atoms with van der Waals surface area (Å²) < 4.78 is 15.9. The molecule has 1 fully saturated rings. The standard InChI is InChI=1S/C22H25NO5/c1-15(18-13-17(26-2)9-10-19(18)27-3)23-20(24)14-28-21(25)22(11-12-22)16-7-5-4-6-8-16/h4-10,13,15H,11-12,14H2,1-3H3,(H,23,24). The molecule has 28 heavy (non-hydrogen) atoms. The van der Waals surface area contributed by atoms with Crippen molar-refractivity contribution in [2.24, 2.45) is 0 Å². The largest absolute Gasteiger partial charge is 0.497 e. The lowest BCUT2D eigenvalue weighted by Crippen LogP contribution is -2.33. The zero-order chi connectivity index (χ0) is 20.1. The summed E-state index contributed by atoms with van der Waals surface area (Å²) in [5.41, 5.74) is 1.13. The molecular formula is C22H25NO5. The Morgan fingerprint density at radius 2 is 1.79 bits per heavy atom. The third kappa shape index (κ3) is 4.11. The van der Waals surface area contributed by atoms with Crippen LogP contribution in [0.2, 0.25) is 0 Å². The molecule has 0 heterocycles. The predicted molar refractivity (Wildman–Crippen MR) is 104 cm³/mol. The van der Waals surface area contributed by atoms with Gasteiger partial charge < -0.3 is 19.5 Å². The van der Waals surface area contributed by atoms with Gasteiger partial charge in [-0.3, -0.25) is 9.59 Å². The van der Waals surface area contributed by atoms with Crippen molar-refractivity contribution in [2.75, 3.05) is 20.8 Å². The summed E-state index contributed by atoms with van der Waals surface area (Å²) in [6.45, 7) is 1.52. The molecule has 0 bridgehead atoms. The van der Waals surface area contributed by atoms with Crippen molar-refractivity contribution in [3.05, 3.63) is 59.7 Å². The molecule has 1 aliphatic rings. The van der Waals surface area contributed by atoms with E-state index in [0.717, 1.165) is 24.0 Å². The number of hydrogen-bond donors (Lipinski definition) is 1. The molecule has 148 valence electrons. The second-order valence-electron chi connectivity index (χ2n) is 6.92. The van der Waals surface area contributed by atoms with E-state index in [0.29, 0.717) is 11.5 Å². The van der Waals surface area contributed by atoms with Crippen molar-refractivity contribution in [3.63, 3.8) is 0 Å². The van der Waals surface area contributed by atoms with Crippen LogP contribution in [-0.2, 0) is 19.7 Å². The summed E-state index contributed by atoms with van der Waals surface area (Å²) in [5, 5.41) is 2.84. The van der Waals surface area contributed by atoms with Gasteiger partial charge in [-0.2, -0.15) is 0 Å². The van der Waals surface area contributed by atoms with E-state index in [4.69, 9.17) is 14.2 Å². The van der Waals surface area contributed by atoms with Crippen LogP contribution in [0.15, 0.2) is 48.5 Å². The quantitative estimate of drug-likeness (QED) is 0.709. The monoisotopic (exact) mass is 383 g/mol. The second-order valence-corrected chi connectivity index (χ2v) is 6.92. The van der Waals surface area contributed by atoms with Crippen LogP contribution in [0.3, 0.4) is 0 Å². The van der Waals surface area contributed by atoms with Crippen molar-refractivity contribution in [2.45, 2.75) is 31.2 Å². The number of benzene rings is 2. The zero-order valence-corrected chi connectivity index (χ0v) is 16.4. The highest BCUT2D eigenvalue weighted by Crippen LogP contribution is 2.49. The molecule has 1 unspecified atom stereocenters. The Hall–Kier alpha value is -3.02. The van der Waals surface area contributed by atoms with Gasteiger partial charge in [0.05, 0.1) is 25.7 Å². The third-order valence-corrected chi connectivity index (χ3v) is 5.08. The summed E-state index contributed by atoms with van der Waals surface area (Å²) in [6.07, 6.45) is 1.49. The first-order chi connectivity index (χ1) is 13.5. The second kappa shape index (κ2) is 8.33. The van der Waals surface area contributed by atoms with Gasteiger partial charge in [0.1, 0.15) is 11.5 Å². The van der Waals surface area contributed by atoms with Crippen LogP contribution in [-0.4, -0.2) is 32.7 Å². The van der Waals surface area contributed by atoms with Gasteiger partial charge in [0, 0.05) is 5.56 Å². The van der Waals surface area contributed by atoms with Crippen molar-refractivity contribution >= 4 is 11.9 Å². The summed E-state index contributed by atoms with van der Waals surface area (Å²) >= 11 is 0. The Kier molecular flexibility index (Phi) is 5.87. The average molecular weight is 383 g/mol. The van der Waals surface area contributed by atoms with Crippen LogP contribution >= 0.6 is 0 Å². The van der Waals surface area contributed by atoms with Gasteiger partial charge in [-0.25, -0.2) is 0 Å². The van der Waals surface area contributed by atoms with Crippen LogP contribution in [0, 0.1) is 0 Å². The summed E-state index contributed by atoms with van der Waals surface area (Å²) in [5.74, 6) is 0.600. The summed E-state index contributed by atoms with van der Waals surface area (Å²) in [4.78, 5) is 24.8. The Labute approximate surface area is 164 Å². The molecule has 1 N–H and O–H groups in total. The summed E-state index contributed by atoms with van der Waals surface area (Å²) in [6, 6.07) is 14.6.